The number of unbranched alkanes of at least 4 members (excludes halogenated alkanes) is 9. The molecule has 0 saturated carbocycles. The molecule has 0 spiro atoms. The Morgan fingerprint density at radius 3 is 1.56 bits per heavy atom. The lowest BCUT2D eigenvalue weighted by atomic mass is 9.59. The summed E-state index contributed by atoms with van der Waals surface area (Å²) in [6.07, 6.45) is 14.8. The SMILES string of the molecule is CCCCCCCCCCCCOC(=O)C(C)(CC(C)(C)C)C(C)(C)CC. The molecule has 2 nitrogen and oxygen atoms in total. The average molecular weight is 383 g/mol. The molecule has 0 aliphatic carbocycles. The number of carbonyl (C=O) groups is 1. The van der Waals surface area contributed by atoms with E-state index in [-0.39, 0.29) is 16.8 Å². The van der Waals surface area contributed by atoms with Gasteiger partial charge in [-0.15, -0.1) is 0 Å². The molecule has 0 aromatic carbocycles. The van der Waals surface area contributed by atoms with Crippen LogP contribution < -0.4 is 0 Å². The van der Waals surface area contributed by atoms with Crippen LogP contribution in [0.1, 0.15) is 132 Å². The van der Waals surface area contributed by atoms with Crippen molar-refractivity contribution in [1.82, 2.24) is 0 Å². The molecule has 0 heterocycles. The van der Waals surface area contributed by atoms with Crippen molar-refractivity contribution in [2.24, 2.45) is 16.2 Å². The van der Waals surface area contributed by atoms with Gasteiger partial charge in [-0.2, -0.15) is 0 Å². The molecule has 0 rings (SSSR count). The van der Waals surface area contributed by atoms with Crippen molar-refractivity contribution in [3.05, 3.63) is 0 Å². The third-order valence-corrected chi connectivity index (χ3v) is 6.44. The number of ether oxygens (including phenoxy) is 1. The number of rotatable bonds is 15. The largest absolute Gasteiger partial charge is 0.465 e. The molecule has 27 heavy (non-hydrogen) atoms. The van der Waals surface area contributed by atoms with Crippen LogP contribution in [0, 0.1) is 16.2 Å². The zero-order valence-corrected chi connectivity index (χ0v) is 20.0. The second-order valence-electron chi connectivity index (χ2n) is 10.6. The zero-order valence-electron chi connectivity index (χ0n) is 20.0. The topological polar surface area (TPSA) is 26.3 Å². The lowest BCUT2D eigenvalue weighted by Crippen LogP contribution is -2.45. The van der Waals surface area contributed by atoms with Gasteiger partial charge in [0.2, 0.25) is 0 Å². The van der Waals surface area contributed by atoms with Gasteiger partial charge in [-0.05, 0) is 37.0 Å². The monoisotopic (exact) mass is 382 g/mol. The van der Waals surface area contributed by atoms with Gasteiger partial charge in [-0.25, -0.2) is 0 Å². The summed E-state index contributed by atoms with van der Waals surface area (Å²) in [6.45, 7) is 18.2. The van der Waals surface area contributed by atoms with E-state index in [0.717, 1.165) is 19.3 Å². The maximum Gasteiger partial charge on any atom is 0.312 e. The highest BCUT2D eigenvalue weighted by Gasteiger charge is 2.49. The van der Waals surface area contributed by atoms with Gasteiger partial charge >= 0.3 is 5.97 Å². The molecule has 0 amide bonds. The van der Waals surface area contributed by atoms with E-state index in [2.05, 4.69) is 55.4 Å². The van der Waals surface area contributed by atoms with Gasteiger partial charge in [0.1, 0.15) is 0 Å². The average Bonchev–Trinajstić information content (AvgIpc) is 2.57. The Kier molecular flexibility index (Phi) is 12.6. The van der Waals surface area contributed by atoms with E-state index in [9.17, 15) is 4.79 Å². The fourth-order valence-electron chi connectivity index (χ4n) is 3.95. The molecule has 2 heteroatoms. The predicted molar refractivity (Wildman–Crippen MR) is 119 cm³/mol. The maximum absolute atomic E-state index is 13.0. The van der Waals surface area contributed by atoms with Crippen LogP contribution in [0.25, 0.3) is 0 Å². The summed E-state index contributed by atoms with van der Waals surface area (Å²) in [6, 6.07) is 0. The Morgan fingerprint density at radius 2 is 1.15 bits per heavy atom. The van der Waals surface area contributed by atoms with Crippen LogP contribution in [0.3, 0.4) is 0 Å². The van der Waals surface area contributed by atoms with Crippen LogP contribution >= 0.6 is 0 Å². The fourth-order valence-corrected chi connectivity index (χ4v) is 3.95. The second-order valence-corrected chi connectivity index (χ2v) is 10.6. The number of carbonyl (C=O) groups excluding carboxylic acids is 1. The zero-order chi connectivity index (χ0) is 21.0. The Bertz CT molecular complexity index is 392. The van der Waals surface area contributed by atoms with Crippen molar-refractivity contribution in [2.75, 3.05) is 6.61 Å². The van der Waals surface area contributed by atoms with Crippen molar-refractivity contribution in [3.63, 3.8) is 0 Å². The molecular weight excluding hydrogens is 332 g/mol. The van der Waals surface area contributed by atoms with Crippen LogP contribution in [-0.4, -0.2) is 12.6 Å². The van der Waals surface area contributed by atoms with Crippen LogP contribution in [0.5, 0.6) is 0 Å². The van der Waals surface area contributed by atoms with Gasteiger partial charge in [0.05, 0.1) is 12.0 Å². The normalized spacial score (nSPS) is 14.8. The molecule has 0 bridgehead atoms. The quantitative estimate of drug-likeness (QED) is 0.210. The van der Waals surface area contributed by atoms with Gasteiger partial charge < -0.3 is 4.74 Å². The number of esters is 1. The highest BCUT2D eigenvalue weighted by Crippen LogP contribution is 2.49. The van der Waals surface area contributed by atoms with Crippen molar-refractivity contribution in [2.45, 2.75) is 132 Å². The van der Waals surface area contributed by atoms with Gasteiger partial charge in [0.25, 0.3) is 0 Å². The molecule has 0 aromatic heterocycles. The first-order chi connectivity index (χ1) is 12.5. The summed E-state index contributed by atoms with van der Waals surface area (Å²) in [7, 11) is 0. The third-order valence-electron chi connectivity index (χ3n) is 6.44. The first-order valence-corrected chi connectivity index (χ1v) is 11.7. The molecule has 0 N–H and O–H groups in total. The molecule has 0 radical (unpaired) electrons. The summed E-state index contributed by atoms with van der Waals surface area (Å²) in [5.41, 5.74) is -0.384. The minimum absolute atomic E-state index is 0.000184. The molecule has 0 fully saturated rings. The van der Waals surface area contributed by atoms with E-state index in [1.807, 2.05) is 0 Å². The Hall–Kier alpha value is -0.530. The lowest BCUT2D eigenvalue weighted by molar-refractivity contribution is -0.166. The smallest absolute Gasteiger partial charge is 0.312 e. The van der Waals surface area contributed by atoms with Crippen molar-refractivity contribution in [1.29, 1.82) is 0 Å². The summed E-state index contributed by atoms with van der Waals surface area (Å²) < 4.78 is 5.77. The summed E-state index contributed by atoms with van der Waals surface area (Å²) >= 11 is 0. The van der Waals surface area contributed by atoms with E-state index in [4.69, 9.17) is 4.74 Å². The maximum atomic E-state index is 13.0. The Labute approximate surface area is 171 Å². The van der Waals surface area contributed by atoms with Crippen LogP contribution in [0.15, 0.2) is 0 Å². The van der Waals surface area contributed by atoms with Crippen LogP contribution in [0.2, 0.25) is 0 Å². The minimum Gasteiger partial charge on any atom is -0.465 e. The molecule has 162 valence electrons. The second kappa shape index (κ2) is 12.8. The molecule has 0 saturated heterocycles. The molecule has 0 aromatic rings. The van der Waals surface area contributed by atoms with E-state index >= 15 is 0 Å². The van der Waals surface area contributed by atoms with E-state index in [0.29, 0.717) is 6.61 Å². The molecular formula is C25H50O2. The molecule has 1 atom stereocenters. The van der Waals surface area contributed by atoms with Crippen LogP contribution in [-0.2, 0) is 9.53 Å². The first-order valence-electron chi connectivity index (χ1n) is 11.7. The summed E-state index contributed by atoms with van der Waals surface area (Å²) in [5, 5.41) is 0. The molecule has 1 unspecified atom stereocenters. The van der Waals surface area contributed by atoms with E-state index < -0.39 is 5.41 Å². The minimum atomic E-state index is -0.432. The fraction of sp³-hybridized carbons (Fsp3) is 0.960. The van der Waals surface area contributed by atoms with Crippen molar-refractivity contribution < 1.29 is 9.53 Å². The van der Waals surface area contributed by atoms with E-state index in [1.165, 1.54) is 57.8 Å². The third kappa shape index (κ3) is 10.5. The summed E-state index contributed by atoms with van der Waals surface area (Å²) in [5.74, 6) is 0.000184. The number of hydrogen-bond donors (Lipinski definition) is 0. The van der Waals surface area contributed by atoms with Gasteiger partial charge in [0, 0.05) is 0 Å². The molecule has 0 aliphatic heterocycles. The predicted octanol–water partition coefficient (Wildman–Crippen LogP) is 8.33. The van der Waals surface area contributed by atoms with Crippen molar-refractivity contribution in [3.8, 4) is 0 Å². The molecule has 0 aliphatic rings. The lowest BCUT2D eigenvalue weighted by Gasteiger charge is -2.45. The number of hydrogen-bond acceptors (Lipinski definition) is 2. The van der Waals surface area contributed by atoms with Gasteiger partial charge in [-0.1, -0.05) is 106 Å². The van der Waals surface area contributed by atoms with Gasteiger partial charge in [0.15, 0.2) is 0 Å². The Morgan fingerprint density at radius 1 is 0.704 bits per heavy atom. The standard InChI is InChI=1S/C25H50O2/c1-9-11-12-13-14-15-16-17-18-19-20-27-22(26)25(8,21-23(3,4)5)24(6,7)10-2/h9-21H2,1-8H3. The van der Waals surface area contributed by atoms with E-state index in [1.54, 1.807) is 0 Å². The Balaban J connectivity index is 4.18. The van der Waals surface area contributed by atoms with Crippen molar-refractivity contribution >= 4 is 5.97 Å². The first kappa shape index (κ1) is 26.5. The summed E-state index contributed by atoms with van der Waals surface area (Å²) in [4.78, 5) is 13.0. The van der Waals surface area contributed by atoms with Crippen LogP contribution in [0.4, 0.5) is 0 Å². The van der Waals surface area contributed by atoms with Gasteiger partial charge in [-0.3, -0.25) is 4.79 Å². The highest BCUT2D eigenvalue weighted by molar-refractivity contribution is 5.77. The highest BCUT2D eigenvalue weighted by atomic mass is 16.5.